The van der Waals surface area contributed by atoms with Crippen molar-refractivity contribution in [2.24, 2.45) is 5.92 Å². The molecule has 3 heteroatoms. The van der Waals surface area contributed by atoms with Crippen molar-refractivity contribution in [2.45, 2.75) is 63.2 Å². The molecule has 1 amide bonds. The van der Waals surface area contributed by atoms with E-state index in [0.717, 1.165) is 12.8 Å². The van der Waals surface area contributed by atoms with E-state index in [1.807, 2.05) is 6.07 Å². The first-order valence-electron chi connectivity index (χ1n) is 8.37. The Morgan fingerprint density at radius 3 is 2.48 bits per heavy atom. The Balaban J connectivity index is 1.70. The molecule has 0 bridgehead atoms. The zero-order valence-electron chi connectivity index (χ0n) is 12.7. The van der Waals surface area contributed by atoms with Gasteiger partial charge in [-0.25, -0.2) is 0 Å². The lowest BCUT2D eigenvalue weighted by Gasteiger charge is -2.31. The van der Waals surface area contributed by atoms with Crippen LogP contribution in [0, 0.1) is 5.92 Å². The second-order valence-corrected chi connectivity index (χ2v) is 7.04. The van der Waals surface area contributed by atoms with E-state index in [-0.39, 0.29) is 11.7 Å². The van der Waals surface area contributed by atoms with Gasteiger partial charge >= 0.3 is 0 Å². The highest BCUT2D eigenvalue weighted by Gasteiger charge is 2.55. The minimum absolute atomic E-state index is 0.0624. The van der Waals surface area contributed by atoms with E-state index < -0.39 is 0 Å². The number of hydrogen-bond acceptors (Lipinski definition) is 2. The summed E-state index contributed by atoms with van der Waals surface area (Å²) in [4.78, 5) is 15.3. The van der Waals surface area contributed by atoms with Crippen LogP contribution in [0.25, 0.3) is 0 Å². The molecule has 2 atom stereocenters. The molecule has 3 aliphatic rings. The minimum atomic E-state index is -0.274. The molecule has 1 heterocycles. The average molecular weight is 284 g/mol. The van der Waals surface area contributed by atoms with Gasteiger partial charge in [0.15, 0.2) is 0 Å². The number of rotatable bonds is 3. The van der Waals surface area contributed by atoms with Crippen LogP contribution in [-0.4, -0.2) is 22.4 Å². The molecule has 3 nitrogen and oxygen atoms in total. The molecular formula is C18H24N2O. The maximum atomic E-state index is 13.2. The lowest BCUT2D eigenvalue weighted by atomic mass is 9.97. The fourth-order valence-corrected chi connectivity index (χ4v) is 4.20. The molecule has 2 unspecified atom stereocenters. The lowest BCUT2D eigenvalue weighted by molar-refractivity contribution is -0.135. The van der Waals surface area contributed by atoms with Gasteiger partial charge in [0.1, 0.15) is 6.17 Å². The second-order valence-electron chi connectivity index (χ2n) is 7.04. The van der Waals surface area contributed by atoms with Crippen LogP contribution in [0.3, 0.4) is 0 Å². The zero-order valence-corrected chi connectivity index (χ0v) is 12.7. The van der Waals surface area contributed by atoms with E-state index in [2.05, 4.69) is 41.4 Å². The molecule has 112 valence electrons. The molecule has 1 aromatic rings. The summed E-state index contributed by atoms with van der Waals surface area (Å²) in [6, 6.07) is 10.8. The van der Waals surface area contributed by atoms with Gasteiger partial charge in [-0.15, -0.1) is 0 Å². The fourth-order valence-electron chi connectivity index (χ4n) is 4.20. The van der Waals surface area contributed by atoms with Gasteiger partial charge in [-0.3, -0.25) is 10.1 Å². The normalized spacial score (nSPS) is 29.3. The van der Waals surface area contributed by atoms with E-state index in [0.29, 0.717) is 17.9 Å². The number of carbonyl (C=O) groups excluding carboxylic acids is 1. The van der Waals surface area contributed by atoms with Crippen molar-refractivity contribution in [3.8, 4) is 0 Å². The first-order chi connectivity index (χ1) is 10.2. The minimum Gasteiger partial charge on any atom is -0.318 e. The van der Waals surface area contributed by atoms with Gasteiger partial charge < -0.3 is 4.90 Å². The van der Waals surface area contributed by atoms with Crippen molar-refractivity contribution in [2.75, 3.05) is 0 Å². The molecule has 2 aliphatic carbocycles. The van der Waals surface area contributed by atoms with Crippen LogP contribution in [0.1, 0.15) is 57.2 Å². The summed E-state index contributed by atoms with van der Waals surface area (Å²) in [7, 11) is 0. The quantitative estimate of drug-likeness (QED) is 0.924. The Morgan fingerprint density at radius 1 is 1.19 bits per heavy atom. The predicted octanol–water partition coefficient (Wildman–Crippen LogP) is 3.23. The smallest absolute Gasteiger partial charge is 0.244 e. The fraction of sp³-hybridized carbons (Fsp3) is 0.611. The van der Waals surface area contributed by atoms with Gasteiger partial charge in [0.05, 0.1) is 5.54 Å². The molecular weight excluding hydrogens is 260 g/mol. The van der Waals surface area contributed by atoms with Gasteiger partial charge in [-0.05, 0) is 44.1 Å². The van der Waals surface area contributed by atoms with Gasteiger partial charge in [0, 0.05) is 6.04 Å². The van der Waals surface area contributed by atoms with Gasteiger partial charge in [-0.1, -0.05) is 43.2 Å². The molecule has 4 rings (SSSR count). The van der Waals surface area contributed by atoms with Crippen LogP contribution in [0.15, 0.2) is 30.3 Å². The van der Waals surface area contributed by atoms with Crippen LogP contribution < -0.4 is 5.32 Å². The summed E-state index contributed by atoms with van der Waals surface area (Å²) in [5, 5.41) is 3.72. The largest absolute Gasteiger partial charge is 0.318 e. The molecule has 1 N–H and O–H groups in total. The number of benzene rings is 1. The van der Waals surface area contributed by atoms with E-state index >= 15 is 0 Å². The summed E-state index contributed by atoms with van der Waals surface area (Å²) in [5.41, 5.74) is 0.950. The standard InChI is InChI=1S/C18H24N2O/c1-13(14-9-10-14)20-16(15-7-3-2-4-8-15)19-18(17(20)21)11-5-6-12-18/h2-4,7-8,13-14,16,19H,5-6,9-12H2,1H3. The third kappa shape index (κ3) is 2.10. The zero-order chi connectivity index (χ0) is 14.4. The molecule has 2 saturated carbocycles. The first kappa shape index (κ1) is 13.3. The number of hydrogen-bond donors (Lipinski definition) is 1. The van der Waals surface area contributed by atoms with Crippen LogP contribution in [0.5, 0.6) is 0 Å². The molecule has 0 radical (unpaired) electrons. The molecule has 3 fully saturated rings. The third-order valence-electron chi connectivity index (χ3n) is 5.65. The van der Waals surface area contributed by atoms with E-state index in [1.54, 1.807) is 0 Å². The van der Waals surface area contributed by atoms with Crippen LogP contribution in [0.4, 0.5) is 0 Å². The van der Waals surface area contributed by atoms with E-state index in [4.69, 9.17) is 0 Å². The highest BCUT2D eigenvalue weighted by atomic mass is 16.2. The average Bonchev–Trinajstić information content (AvgIpc) is 3.20. The van der Waals surface area contributed by atoms with Gasteiger partial charge in [0.2, 0.25) is 5.91 Å². The van der Waals surface area contributed by atoms with Crippen molar-refractivity contribution < 1.29 is 4.79 Å². The molecule has 1 saturated heterocycles. The second kappa shape index (κ2) is 4.84. The molecule has 0 aromatic heterocycles. The van der Waals surface area contributed by atoms with Crippen molar-refractivity contribution in [3.05, 3.63) is 35.9 Å². The Bertz CT molecular complexity index is 531. The Hall–Kier alpha value is -1.35. The van der Waals surface area contributed by atoms with Crippen molar-refractivity contribution >= 4 is 5.91 Å². The maximum absolute atomic E-state index is 13.2. The van der Waals surface area contributed by atoms with E-state index in [1.165, 1.54) is 31.2 Å². The lowest BCUT2D eigenvalue weighted by Crippen LogP contribution is -2.45. The Morgan fingerprint density at radius 2 is 1.86 bits per heavy atom. The van der Waals surface area contributed by atoms with Crippen molar-refractivity contribution in [1.82, 2.24) is 10.2 Å². The molecule has 1 aliphatic heterocycles. The summed E-state index contributed by atoms with van der Waals surface area (Å²) in [5.74, 6) is 1.06. The topological polar surface area (TPSA) is 32.3 Å². The summed E-state index contributed by atoms with van der Waals surface area (Å²) in [6.45, 7) is 2.24. The van der Waals surface area contributed by atoms with Crippen molar-refractivity contribution in [3.63, 3.8) is 0 Å². The summed E-state index contributed by atoms with van der Waals surface area (Å²) < 4.78 is 0. The van der Waals surface area contributed by atoms with Crippen LogP contribution in [-0.2, 0) is 4.79 Å². The first-order valence-corrected chi connectivity index (χ1v) is 8.37. The van der Waals surface area contributed by atoms with Crippen LogP contribution in [0.2, 0.25) is 0 Å². The predicted molar refractivity (Wildman–Crippen MR) is 82.5 cm³/mol. The summed E-state index contributed by atoms with van der Waals surface area (Å²) in [6.07, 6.45) is 6.97. The maximum Gasteiger partial charge on any atom is 0.244 e. The van der Waals surface area contributed by atoms with Gasteiger partial charge in [0.25, 0.3) is 0 Å². The van der Waals surface area contributed by atoms with Gasteiger partial charge in [-0.2, -0.15) is 0 Å². The molecule has 1 spiro atoms. The highest BCUT2D eigenvalue weighted by Crippen LogP contribution is 2.45. The van der Waals surface area contributed by atoms with Crippen molar-refractivity contribution in [1.29, 1.82) is 0 Å². The SMILES string of the molecule is CC(C1CC1)N1C(=O)C2(CCCC2)NC1c1ccccc1. The highest BCUT2D eigenvalue weighted by molar-refractivity contribution is 5.89. The Kier molecular flexibility index (Phi) is 3.07. The van der Waals surface area contributed by atoms with E-state index in [9.17, 15) is 4.79 Å². The number of carbonyl (C=O) groups is 1. The summed E-state index contributed by atoms with van der Waals surface area (Å²) >= 11 is 0. The molecule has 1 aromatic carbocycles. The number of nitrogens with zero attached hydrogens (tertiary/aromatic N) is 1. The van der Waals surface area contributed by atoms with Crippen LogP contribution >= 0.6 is 0 Å². The monoisotopic (exact) mass is 284 g/mol. The third-order valence-corrected chi connectivity index (χ3v) is 5.65. The number of amides is 1. The number of nitrogens with one attached hydrogen (secondary N) is 1. The molecule has 21 heavy (non-hydrogen) atoms. The Labute approximate surface area is 126 Å².